The van der Waals surface area contributed by atoms with Gasteiger partial charge in [-0.15, -0.1) is 0 Å². The first-order valence-corrected chi connectivity index (χ1v) is 10.0. The minimum atomic E-state index is -4.74. The molecule has 0 unspecified atom stereocenters. The van der Waals surface area contributed by atoms with Crippen molar-refractivity contribution in [1.82, 2.24) is 0 Å². The lowest BCUT2D eigenvalue weighted by Gasteiger charge is -2.14. The molecule has 3 aromatic carbocycles. The van der Waals surface area contributed by atoms with Gasteiger partial charge in [-0.2, -0.15) is 13.2 Å². The molecule has 0 fully saturated rings. The van der Waals surface area contributed by atoms with Gasteiger partial charge in [-0.25, -0.2) is 0 Å². The highest BCUT2D eigenvalue weighted by Crippen LogP contribution is 2.43. The SMILES string of the molecule is CCc1ccc(N=Cc2cc(Cl)c(Oc3ccc(C(F)(F)F)cc3[N+](=O)[O-])c(OC)c2)cc1. The molecule has 172 valence electrons. The van der Waals surface area contributed by atoms with Crippen LogP contribution in [0.5, 0.6) is 17.2 Å². The Morgan fingerprint density at radius 1 is 1.09 bits per heavy atom. The minimum Gasteiger partial charge on any atom is -0.493 e. The van der Waals surface area contributed by atoms with E-state index in [0.29, 0.717) is 17.7 Å². The van der Waals surface area contributed by atoms with Gasteiger partial charge in [0.25, 0.3) is 0 Å². The third kappa shape index (κ3) is 5.81. The highest BCUT2D eigenvalue weighted by molar-refractivity contribution is 6.32. The lowest BCUT2D eigenvalue weighted by molar-refractivity contribution is -0.385. The number of nitro benzene ring substituents is 1. The smallest absolute Gasteiger partial charge is 0.416 e. The fourth-order valence-corrected chi connectivity index (χ4v) is 3.17. The van der Waals surface area contributed by atoms with E-state index in [1.807, 2.05) is 24.3 Å². The first-order chi connectivity index (χ1) is 15.6. The Balaban J connectivity index is 1.93. The summed E-state index contributed by atoms with van der Waals surface area (Å²) in [5.41, 5.74) is 0.438. The van der Waals surface area contributed by atoms with Crippen molar-refractivity contribution in [3.63, 3.8) is 0 Å². The van der Waals surface area contributed by atoms with Crippen LogP contribution in [0.2, 0.25) is 5.02 Å². The molecule has 0 saturated carbocycles. The van der Waals surface area contributed by atoms with Crippen LogP contribution in [0, 0.1) is 10.1 Å². The predicted molar refractivity (Wildman–Crippen MR) is 119 cm³/mol. The van der Waals surface area contributed by atoms with Crippen LogP contribution in [-0.2, 0) is 12.6 Å². The second-order valence-electron chi connectivity index (χ2n) is 6.85. The summed E-state index contributed by atoms with van der Waals surface area (Å²) < 4.78 is 49.6. The number of halogens is 4. The predicted octanol–water partition coefficient (Wildman–Crippen LogP) is 7.38. The van der Waals surface area contributed by atoms with Gasteiger partial charge >= 0.3 is 11.9 Å². The maximum absolute atomic E-state index is 12.9. The Hall–Kier alpha value is -3.59. The van der Waals surface area contributed by atoms with Crippen molar-refractivity contribution in [1.29, 1.82) is 0 Å². The molecule has 0 bridgehead atoms. The third-order valence-electron chi connectivity index (χ3n) is 4.65. The van der Waals surface area contributed by atoms with Crippen molar-refractivity contribution in [2.75, 3.05) is 7.11 Å². The van der Waals surface area contributed by atoms with E-state index >= 15 is 0 Å². The standard InChI is InChI=1S/C23H18ClF3N2O4/c1-3-14-4-7-17(8-5-14)28-13-15-10-18(24)22(21(11-15)32-2)33-20-9-6-16(23(25,26)27)12-19(20)29(30)31/h4-13H,3H2,1-2H3. The molecular weight excluding hydrogens is 461 g/mol. The van der Waals surface area contributed by atoms with Crippen molar-refractivity contribution >= 4 is 29.2 Å². The number of nitro groups is 1. The molecule has 0 aromatic heterocycles. The molecule has 0 aliphatic heterocycles. The maximum Gasteiger partial charge on any atom is 0.416 e. The maximum atomic E-state index is 12.9. The van der Waals surface area contributed by atoms with E-state index in [-0.39, 0.29) is 16.5 Å². The van der Waals surface area contributed by atoms with E-state index in [2.05, 4.69) is 11.9 Å². The molecule has 10 heteroatoms. The second-order valence-corrected chi connectivity index (χ2v) is 7.26. The Morgan fingerprint density at radius 2 is 1.79 bits per heavy atom. The molecule has 33 heavy (non-hydrogen) atoms. The van der Waals surface area contributed by atoms with Gasteiger partial charge in [-0.1, -0.05) is 30.7 Å². The molecule has 0 saturated heterocycles. The van der Waals surface area contributed by atoms with Crippen LogP contribution in [-0.4, -0.2) is 18.2 Å². The average molecular weight is 479 g/mol. The summed E-state index contributed by atoms with van der Waals surface area (Å²) in [5.74, 6) is -0.364. The number of alkyl halides is 3. The summed E-state index contributed by atoms with van der Waals surface area (Å²) in [5, 5.41) is 11.4. The summed E-state index contributed by atoms with van der Waals surface area (Å²) in [6.45, 7) is 2.05. The van der Waals surface area contributed by atoms with Crippen molar-refractivity contribution < 1.29 is 27.6 Å². The van der Waals surface area contributed by atoms with E-state index in [1.165, 1.54) is 18.7 Å². The quantitative estimate of drug-likeness (QED) is 0.202. The number of ether oxygens (including phenoxy) is 2. The van der Waals surface area contributed by atoms with Crippen LogP contribution >= 0.6 is 11.6 Å². The summed E-state index contributed by atoms with van der Waals surface area (Å²) >= 11 is 6.30. The molecule has 0 aliphatic rings. The van der Waals surface area contributed by atoms with Crippen LogP contribution in [0.25, 0.3) is 0 Å². The van der Waals surface area contributed by atoms with E-state index in [4.69, 9.17) is 21.1 Å². The number of rotatable bonds is 7. The number of benzene rings is 3. The second kappa shape index (κ2) is 9.91. The molecule has 0 radical (unpaired) electrons. The molecule has 0 N–H and O–H groups in total. The highest BCUT2D eigenvalue weighted by Gasteiger charge is 2.33. The zero-order valence-corrected chi connectivity index (χ0v) is 18.3. The van der Waals surface area contributed by atoms with Gasteiger partial charge in [0, 0.05) is 12.3 Å². The molecule has 3 aromatic rings. The Bertz CT molecular complexity index is 1200. The number of aliphatic imine (C=N–C) groups is 1. The van der Waals surface area contributed by atoms with Crippen molar-refractivity contribution in [3.05, 3.63) is 86.4 Å². The number of nitrogens with zero attached hydrogens (tertiary/aromatic N) is 2. The lowest BCUT2D eigenvalue weighted by atomic mass is 10.1. The zero-order valence-electron chi connectivity index (χ0n) is 17.5. The van der Waals surface area contributed by atoms with E-state index in [9.17, 15) is 23.3 Å². The molecule has 0 amide bonds. The van der Waals surface area contributed by atoms with Crippen LogP contribution in [0.3, 0.4) is 0 Å². The van der Waals surface area contributed by atoms with Gasteiger partial charge in [0.15, 0.2) is 11.5 Å². The molecule has 0 heterocycles. The highest BCUT2D eigenvalue weighted by atomic mass is 35.5. The van der Waals surface area contributed by atoms with Crippen LogP contribution < -0.4 is 9.47 Å². The topological polar surface area (TPSA) is 74.0 Å². The van der Waals surface area contributed by atoms with Crippen LogP contribution in [0.1, 0.15) is 23.6 Å². The number of hydrogen-bond donors (Lipinski definition) is 0. The van der Waals surface area contributed by atoms with E-state index in [1.54, 1.807) is 12.3 Å². The van der Waals surface area contributed by atoms with Crippen molar-refractivity contribution in [2.45, 2.75) is 19.5 Å². The van der Waals surface area contributed by atoms with Gasteiger partial charge in [-0.3, -0.25) is 15.1 Å². The fourth-order valence-electron chi connectivity index (χ4n) is 2.91. The van der Waals surface area contributed by atoms with Gasteiger partial charge in [-0.05, 0) is 53.9 Å². The summed E-state index contributed by atoms with van der Waals surface area (Å²) in [7, 11) is 1.34. The van der Waals surface area contributed by atoms with Gasteiger partial charge in [0.1, 0.15) is 0 Å². The van der Waals surface area contributed by atoms with Crippen LogP contribution in [0.15, 0.2) is 59.6 Å². The number of hydrogen-bond acceptors (Lipinski definition) is 5. The third-order valence-corrected chi connectivity index (χ3v) is 4.93. The monoisotopic (exact) mass is 478 g/mol. The van der Waals surface area contributed by atoms with Crippen molar-refractivity contribution in [2.24, 2.45) is 4.99 Å². The van der Waals surface area contributed by atoms with Gasteiger partial charge < -0.3 is 9.47 Å². The normalized spacial score (nSPS) is 11.6. The van der Waals surface area contributed by atoms with Gasteiger partial charge in [0.2, 0.25) is 5.75 Å². The summed E-state index contributed by atoms with van der Waals surface area (Å²) in [6.07, 6.45) is -2.27. The van der Waals surface area contributed by atoms with E-state index in [0.717, 1.165) is 18.2 Å². The van der Waals surface area contributed by atoms with Gasteiger partial charge in [0.05, 0.1) is 28.3 Å². The Morgan fingerprint density at radius 3 is 2.36 bits per heavy atom. The van der Waals surface area contributed by atoms with Crippen LogP contribution in [0.4, 0.5) is 24.5 Å². The molecule has 6 nitrogen and oxygen atoms in total. The van der Waals surface area contributed by atoms with E-state index < -0.39 is 28.1 Å². The Kier molecular flexibility index (Phi) is 7.23. The number of methoxy groups -OCH3 is 1. The minimum absolute atomic E-state index is 0.0336. The molecule has 3 rings (SSSR count). The fraction of sp³-hybridized carbons (Fsp3) is 0.174. The van der Waals surface area contributed by atoms with Crippen molar-refractivity contribution in [3.8, 4) is 17.2 Å². The average Bonchev–Trinajstić information content (AvgIpc) is 2.78. The summed E-state index contributed by atoms with van der Waals surface area (Å²) in [4.78, 5) is 14.7. The largest absolute Gasteiger partial charge is 0.493 e. The first-order valence-electron chi connectivity index (χ1n) is 9.66. The first kappa shape index (κ1) is 24.1. The Labute approximate surface area is 192 Å². The molecule has 0 atom stereocenters. The molecule has 0 spiro atoms. The lowest BCUT2D eigenvalue weighted by Crippen LogP contribution is -2.06. The molecular formula is C23H18ClF3N2O4. The summed E-state index contributed by atoms with van der Waals surface area (Å²) in [6, 6.07) is 12.7. The zero-order chi connectivity index (χ0) is 24.2. The molecule has 0 aliphatic carbocycles. The number of aryl methyl sites for hydroxylation is 1.